The summed E-state index contributed by atoms with van der Waals surface area (Å²) < 4.78 is 12.3. The highest BCUT2D eigenvalue weighted by atomic mass is 31.1. The van der Waals surface area contributed by atoms with Gasteiger partial charge in [0.05, 0.1) is 12.2 Å². The normalized spacial score (nSPS) is 11.4. The summed E-state index contributed by atoms with van der Waals surface area (Å²) in [4.78, 5) is 41.1. The number of nitrogens with one attached hydrogen (secondary N) is 2. The zero-order valence-electron chi connectivity index (χ0n) is 16.0. The Morgan fingerprint density at radius 2 is 1.65 bits per heavy atom. The topological polar surface area (TPSA) is 130 Å². The molecule has 4 aromatic rings. The van der Waals surface area contributed by atoms with Crippen molar-refractivity contribution in [2.24, 2.45) is 0 Å². The highest BCUT2D eigenvalue weighted by Gasteiger charge is 2.22. The van der Waals surface area contributed by atoms with Gasteiger partial charge in [-0.1, -0.05) is 60.7 Å². The first-order valence-corrected chi connectivity index (χ1v) is 10.5. The largest absolute Gasteiger partial charge is 0.549 e. The van der Waals surface area contributed by atoms with Gasteiger partial charge in [0.25, 0.3) is 16.8 Å². The maximum absolute atomic E-state index is 12.9. The average molecular weight is 434 g/mol. The minimum atomic E-state index is -2.56. The molecule has 0 bridgehead atoms. The molecule has 0 saturated heterocycles. The molecule has 4 rings (SSSR count). The van der Waals surface area contributed by atoms with Crippen LogP contribution in [0, 0.1) is 0 Å². The SMILES string of the molecule is O=C(NC(c1ccccc1)c1ccccc1)c1cnc(-n2cc([P+](=O)O)cn2)[nH]c1=O. The molecule has 31 heavy (non-hydrogen) atoms. The number of hydrogen-bond acceptors (Lipinski definition) is 5. The number of carbonyl (C=O) groups excluding carboxylic acids is 1. The number of benzene rings is 2. The summed E-state index contributed by atoms with van der Waals surface area (Å²) in [7, 11) is -2.56. The van der Waals surface area contributed by atoms with Gasteiger partial charge >= 0.3 is 8.03 Å². The zero-order chi connectivity index (χ0) is 21.8. The Morgan fingerprint density at radius 3 is 2.16 bits per heavy atom. The number of aromatic amines is 1. The van der Waals surface area contributed by atoms with E-state index in [-0.39, 0.29) is 16.8 Å². The quantitative estimate of drug-likeness (QED) is 0.397. The molecule has 0 saturated carbocycles. The number of H-pyrrole nitrogens is 1. The van der Waals surface area contributed by atoms with Gasteiger partial charge in [-0.25, -0.2) is 9.67 Å². The molecule has 9 nitrogen and oxygen atoms in total. The van der Waals surface area contributed by atoms with Crippen LogP contribution in [0.1, 0.15) is 27.5 Å². The summed E-state index contributed by atoms with van der Waals surface area (Å²) in [6.07, 6.45) is 3.62. The van der Waals surface area contributed by atoms with E-state index in [0.29, 0.717) is 0 Å². The second kappa shape index (κ2) is 8.83. The summed E-state index contributed by atoms with van der Waals surface area (Å²) in [5, 5.41) is 6.87. The number of amides is 1. The van der Waals surface area contributed by atoms with Crippen LogP contribution in [0.2, 0.25) is 0 Å². The van der Waals surface area contributed by atoms with E-state index in [4.69, 9.17) is 4.89 Å². The van der Waals surface area contributed by atoms with E-state index in [1.165, 1.54) is 12.4 Å². The Kier molecular flexibility index (Phi) is 5.79. The fraction of sp³-hybridized carbons (Fsp3) is 0.0476. The molecule has 10 heteroatoms. The second-order valence-corrected chi connectivity index (χ2v) is 7.66. The number of hydrogen-bond donors (Lipinski definition) is 3. The summed E-state index contributed by atoms with van der Waals surface area (Å²) in [6, 6.07) is 18.4. The molecule has 3 N–H and O–H groups in total. The highest BCUT2D eigenvalue weighted by molar-refractivity contribution is 7.47. The van der Waals surface area contributed by atoms with Crippen molar-refractivity contribution in [1.82, 2.24) is 25.1 Å². The van der Waals surface area contributed by atoms with Gasteiger partial charge in [0.15, 0.2) is 0 Å². The molecule has 2 heterocycles. The number of nitrogens with zero attached hydrogens (tertiary/aromatic N) is 3. The lowest BCUT2D eigenvalue weighted by Gasteiger charge is -2.19. The van der Waals surface area contributed by atoms with Crippen molar-refractivity contribution < 1.29 is 14.3 Å². The molecular formula is C21H17N5O4P+. The molecule has 0 aliphatic carbocycles. The molecular weight excluding hydrogens is 417 g/mol. The molecule has 1 amide bonds. The molecule has 0 radical (unpaired) electrons. The van der Waals surface area contributed by atoms with Gasteiger partial charge < -0.3 is 5.32 Å². The van der Waals surface area contributed by atoms with Crippen LogP contribution in [0.15, 0.2) is 84.0 Å². The van der Waals surface area contributed by atoms with E-state index in [2.05, 4.69) is 20.4 Å². The van der Waals surface area contributed by atoms with E-state index in [1.807, 2.05) is 60.7 Å². The Balaban J connectivity index is 1.62. The fourth-order valence-corrected chi connectivity index (χ4v) is 3.41. The van der Waals surface area contributed by atoms with Crippen LogP contribution in [0.5, 0.6) is 0 Å². The summed E-state index contributed by atoms with van der Waals surface area (Å²) in [6.45, 7) is 0. The Hall–Kier alpha value is -3.94. The van der Waals surface area contributed by atoms with Crippen LogP contribution in [0.3, 0.4) is 0 Å². The first-order chi connectivity index (χ1) is 15.0. The molecule has 0 spiro atoms. The van der Waals surface area contributed by atoms with Crippen molar-refractivity contribution in [2.75, 3.05) is 0 Å². The molecule has 1 unspecified atom stereocenters. The van der Waals surface area contributed by atoms with E-state index >= 15 is 0 Å². The van der Waals surface area contributed by atoms with Crippen molar-refractivity contribution >= 4 is 19.2 Å². The Labute approximate surface area is 177 Å². The minimum absolute atomic E-state index is 0.0207. The van der Waals surface area contributed by atoms with E-state index < -0.39 is 25.5 Å². The van der Waals surface area contributed by atoms with Crippen LogP contribution in [0.25, 0.3) is 5.95 Å². The summed E-state index contributed by atoms with van der Waals surface area (Å²) in [5.41, 5.74) is 0.907. The highest BCUT2D eigenvalue weighted by Crippen LogP contribution is 2.22. The fourth-order valence-electron chi connectivity index (χ4n) is 3.05. The van der Waals surface area contributed by atoms with Gasteiger partial charge in [-0.3, -0.25) is 14.6 Å². The molecule has 0 aliphatic rings. The molecule has 1 atom stereocenters. The standard InChI is InChI=1S/C21H16N5O4P/c27-19(24-18(14-7-3-1-4-8-14)15-9-5-2-6-10-15)17-12-22-21(25-20(17)28)26-13-16(11-23-26)31(29)30/h1-13,18H,(H2-,22,24,25,27,28,29,30)/p+1. The second-order valence-electron chi connectivity index (χ2n) is 6.59. The van der Waals surface area contributed by atoms with Gasteiger partial charge in [-0.05, 0) is 15.7 Å². The summed E-state index contributed by atoms with van der Waals surface area (Å²) in [5.74, 6) is -0.565. The van der Waals surface area contributed by atoms with Crippen molar-refractivity contribution in [1.29, 1.82) is 0 Å². The Morgan fingerprint density at radius 1 is 1.03 bits per heavy atom. The van der Waals surface area contributed by atoms with Crippen molar-refractivity contribution in [3.8, 4) is 5.95 Å². The van der Waals surface area contributed by atoms with Gasteiger partial charge in [0, 0.05) is 6.20 Å². The van der Waals surface area contributed by atoms with Gasteiger partial charge in [0.2, 0.25) is 5.95 Å². The predicted molar refractivity (Wildman–Crippen MR) is 114 cm³/mol. The lowest BCUT2D eigenvalue weighted by atomic mass is 9.98. The first kappa shape index (κ1) is 20.3. The minimum Gasteiger partial charge on any atom is -0.341 e. The maximum Gasteiger partial charge on any atom is 0.549 e. The van der Waals surface area contributed by atoms with E-state index in [0.717, 1.165) is 22.0 Å². The van der Waals surface area contributed by atoms with Gasteiger partial charge in [0.1, 0.15) is 11.8 Å². The van der Waals surface area contributed by atoms with Crippen LogP contribution < -0.4 is 16.2 Å². The van der Waals surface area contributed by atoms with E-state index in [1.54, 1.807) is 0 Å². The van der Waals surface area contributed by atoms with Crippen LogP contribution in [-0.2, 0) is 4.57 Å². The first-order valence-electron chi connectivity index (χ1n) is 9.24. The molecule has 0 fully saturated rings. The van der Waals surface area contributed by atoms with E-state index in [9.17, 15) is 14.2 Å². The number of carbonyl (C=O) groups is 1. The lowest BCUT2D eigenvalue weighted by molar-refractivity contribution is 0.0941. The van der Waals surface area contributed by atoms with Crippen LogP contribution in [0.4, 0.5) is 0 Å². The predicted octanol–water partition coefficient (Wildman–Crippen LogP) is 1.83. The third-order valence-corrected chi connectivity index (χ3v) is 5.25. The lowest BCUT2D eigenvalue weighted by Crippen LogP contribution is -2.34. The third kappa shape index (κ3) is 4.48. The van der Waals surface area contributed by atoms with Crippen molar-refractivity contribution in [3.05, 3.63) is 106 Å². The van der Waals surface area contributed by atoms with Crippen LogP contribution in [-0.4, -0.2) is 30.5 Å². The smallest absolute Gasteiger partial charge is 0.341 e. The Bertz CT molecular complexity index is 1250. The van der Waals surface area contributed by atoms with Gasteiger partial charge in [-0.15, -0.1) is 0 Å². The molecule has 2 aromatic carbocycles. The molecule has 154 valence electrons. The molecule has 0 aliphatic heterocycles. The zero-order valence-corrected chi connectivity index (χ0v) is 16.9. The maximum atomic E-state index is 12.9. The van der Waals surface area contributed by atoms with Crippen LogP contribution >= 0.6 is 8.03 Å². The number of aromatic nitrogens is 4. The van der Waals surface area contributed by atoms with Gasteiger partial charge in [-0.2, -0.15) is 9.99 Å². The van der Waals surface area contributed by atoms with Crippen molar-refractivity contribution in [3.63, 3.8) is 0 Å². The monoisotopic (exact) mass is 434 g/mol. The summed E-state index contributed by atoms with van der Waals surface area (Å²) >= 11 is 0. The van der Waals surface area contributed by atoms with Crippen molar-refractivity contribution in [2.45, 2.75) is 6.04 Å². The average Bonchev–Trinajstić information content (AvgIpc) is 3.29. The number of rotatable bonds is 6. The molecule has 2 aromatic heterocycles. The third-order valence-electron chi connectivity index (χ3n) is 4.58.